The van der Waals surface area contributed by atoms with Crippen molar-refractivity contribution in [2.75, 3.05) is 26.7 Å². The third kappa shape index (κ3) is 6.80. The molecule has 27 heavy (non-hydrogen) atoms. The fourth-order valence-electron chi connectivity index (χ4n) is 2.45. The van der Waals surface area contributed by atoms with Gasteiger partial charge in [-0.2, -0.15) is 4.37 Å². The van der Waals surface area contributed by atoms with Gasteiger partial charge < -0.3 is 19.8 Å². The molecule has 2 N–H and O–H groups in total. The van der Waals surface area contributed by atoms with E-state index in [0.717, 1.165) is 31.6 Å². The lowest BCUT2D eigenvalue weighted by Gasteiger charge is -2.22. The van der Waals surface area contributed by atoms with Gasteiger partial charge in [-0.1, -0.05) is 36.4 Å². The third-order valence-electron chi connectivity index (χ3n) is 3.76. The van der Waals surface area contributed by atoms with Crippen molar-refractivity contribution < 1.29 is 24.5 Å². The van der Waals surface area contributed by atoms with E-state index >= 15 is 0 Å². The molecule has 0 spiro atoms. The van der Waals surface area contributed by atoms with Gasteiger partial charge in [0.1, 0.15) is 5.69 Å². The number of rotatable bonds is 5. The number of carbonyl (C=O) groups is 2. The zero-order valence-electron chi connectivity index (χ0n) is 14.9. The van der Waals surface area contributed by atoms with Crippen LogP contribution < -0.4 is 4.74 Å². The molecule has 2 aromatic rings. The molecular formula is C18H21N3O5S. The van der Waals surface area contributed by atoms with E-state index < -0.39 is 11.9 Å². The van der Waals surface area contributed by atoms with Crippen molar-refractivity contribution in [3.05, 3.63) is 47.7 Å². The van der Waals surface area contributed by atoms with E-state index in [2.05, 4.69) is 38.9 Å². The second kappa shape index (κ2) is 10.4. The summed E-state index contributed by atoms with van der Waals surface area (Å²) in [6, 6.07) is 10.4. The standard InChI is InChI=1S/C16H19N3OS.C2H2O4/c1-19-10-5-8-14(12-19)15-16(18-21-17-15)20-11-9-13-6-3-2-4-7-13;3-1(4)2(5)6/h2-4,6-8H,5,9-12H2,1H3;(H,3,4)(H,5,6). The van der Waals surface area contributed by atoms with Crippen LogP contribution in [-0.4, -0.2) is 62.5 Å². The van der Waals surface area contributed by atoms with Crippen molar-refractivity contribution in [1.82, 2.24) is 13.6 Å². The molecule has 0 amide bonds. The first-order valence-electron chi connectivity index (χ1n) is 8.31. The Kier molecular flexibility index (Phi) is 7.90. The van der Waals surface area contributed by atoms with Gasteiger partial charge in [0.2, 0.25) is 0 Å². The van der Waals surface area contributed by atoms with E-state index in [4.69, 9.17) is 24.5 Å². The number of hydrogen-bond donors (Lipinski definition) is 2. The van der Waals surface area contributed by atoms with Crippen LogP contribution in [0.5, 0.6) is 5.88 Å². The quantitative estimate of drug-likeness (QED) is 0.745. The van der Waals surface area contributed by atoms with Gasteiger partial charge in [0.15, 0.2) is 0 Å². The Morgan fingerprint density at radius 2 is 1.89 bits per heavy atom. The fourth-order valence-corrected chi connectivity index (χ4v) is 2.98. The van der Waals surface area contributed by atoms with Crippen LogP contribution in [0.1, 0.15) is 17.7 Å². The molecule has 0 fully saturated rings. The van der Waals surface area contributed by atoms with Crippen LogP contribution in [0.15, 0.2) is 36.4 Å². The predicted octanol–water partition coefficient (Wildman–Crippen LogP) is 2.03. The maximum atomic E-state index is 9.10. The van der Waals surface area contributed by atoms with Gasteiger partial charge in [0.25, 0.3) is 5.88 Å². The van der Waals surface area contributed by atoms with E-state index in [1.54, 1.807) is 0 Å². The van der Waals surface area contributed by atoms with Crippen LogP contribution in [0.2, 0.25) is 0 Å². The van der Waals surface area contributed by atoms with Crippen molar-refractivity contribution >= 4 is 29.2 Å². The van der Waals surface area contributed by atoms with E-state index in [9.17, 15) is 0 Å². The monoisotopic (exact) mass is 391 g/mol. The maximum absolute atomic E-state index is 9.10. The highest BCUT2D eigenvalue weighted by Gasteiger charge is 2.18. The van der Waals surface area contributed by atoms with Crippen LogP contribution in [-0.2, 0) is 16.0 Å². The summed E-state index contributed by atoms with van der Waals surface area (Å²) in [5.41, 5.74) is 3.42. The SMILES string of the molecule is CN1CCC=C(c2nsnc2OCCc2ccccc2)C1.O=C(O)C(=O)O. The van der Waals surface area contributed by atoms with Crippen LogP contribution in [0.3, 0.4) is 0 Å². The molecule has 0 aliphatic carbocycles. The van der Waals surface area contributed by atoms with Gasteiger partial charge in [0, 0.05) is 19.5 Å². The van der Waals surface area contributed by atoms with Crippen molar-refractivity contribution in [2.24, 2.45) is 0 Å². The van der Waals surface area contributed by atoms with Gasteiger partial charge in [-0.3, -0.25) is 0 Å². The lowest BCUT2D eigenvalue weighted by Crippen LogP contribution is -2.25. The summed E-state index contributed by atoms with van der Waals surface area (Å²) < 4.78 is 14.6. The Balaban J connectivity index is 0.000000380. The van der Waals surface area contributed by atoms with Crippen molar-refractivity contribution in [3.8, 4) is 5.88 Å². The first-order chi connectivity index (χ1) is 13.0. The van der Waals surface area contributed by atoms with E-state index in [-0.39, 0.29) is 0 Å². The van der Waals surface area contributed by atoms with Crippen LogP contribution in [0.25, 0.3) is 5.57 Å². The lowest BCUT2D eigenvalue weighted by molar-refractivity contribution is -0.159. The molecule has 1 aromatic carbocycles. The number of aromatic nitrogens is 2. The highest BCUT2D eigenvalue weighted by Crippen LogP contribution is 2.27. The first kappa shape index (κ1) is 20.5. The molecular weight excluding hydrogens is 370 g/mol. The second-order valence-electron chi connectivity index (χ2n) is 5.87. The number of likely N-dealkylation sites (N-methyl/N-ethyl adjacent to an activating group) is 1. The van der Waals surface area contributed by atoms with Crippen molar-refractivity contribution in [3.63, 3.8) is 0 Å². The third-order valence-corrected chi connectivity index (χ3v) is 4.27. The number of aliphatic carboxylic acids is 2. The Morgan fingerprint density at radius 3 is 2.52 bits per heavy atom. The van der Waals surface area contributed by atoms with Crippen LogP contribution in [0, 0.1) is 0 Å². The lowest BCUT2D eigenvalue weighted by atomic mass is 10.1. The largest absolute Gasteiger partial charge is 0.475 e. The summed E-state index contributed by atoms with van der Waals surface area (Å²) in [6.45, 7) is 2.65. The average Bonchev–Trinajstić information content (AvgIpc) is 3.11. The minimum Gasteiger partial charge on any atom is -0.475 e. The van der Waals surface area contributed by atoms with E-state index in [1.807, 2.05) is 18.2 Å². The van der Waals surface area contributed by atoms with Crippen molar-refractivity contribution in [2.45, 2.75) is 12.8 Å². The molecule has 1 aromatic heterocycles. The summed E-state index contributed by atoms with van der Waals surface area (Å²) in [4.78, 5) is 20.5. The summed E-state index contributed by atoms with van der Waals surface area (Å²) in [5, 5.41) is 14.8. The molecule has 2 heterocycles. The van der Waals surface area contributed by atoms with Gasteiger partial charge in [-0.25, -0.2) is 9.59 Å². The molecule has 0 bridgehead atoms. The minimum atomic E-state index is -1.82. The number of ether oxygens (including phenoxy) is 1. The van der Waals surface area contributed by atoms with Gasteiger partial charge >= 0.3 is 11.9 Å². The van der Waals surface area contributed by atoms with Gasteiger partial charge in [-0.15, -0.1) is 4.37 Å². The number of carboxylic acid groups (broad SMARTS) is 2. The summed E-state index contributed by atoms with van der Waals surface area (Å²) in [5.74, 6) is -2.97. The van der Waals surface area contributed by atoms with Crippen molar-refractivity contribution in [1.29, 1.82) is 0 Å². The number of nitrogens with zero attached hydrogens (tertiary/aromatic N) is 3. The molecule has 1 aliphatic heterocycles. The highest BCUT2D eigenvalue weighted by molar-refractivity contribution is 6.99. The molecule has 0 saturated carbocycles. The molecule has 144 valence electrons. The molecule has 0 saturated heterocycles. The average molecular weight is 391 g/mol. The zero-order chi connectivity index (χ0) is 19.6. The van der Waals surface area contributed by atoms with E-state index in [1.165, 1.54) is 22.9 Å². The molecule has 0 unspecified atom stereocenters. The zero-order valence-corrected chi connectivity index (χ0v) is 15.7. The molecule has 3 rings (SSSR count). The maximum Gasteiger partial charge on any atom is 0.414 e. The summed E-state index contributed by atoms with van der Waals surface area (Å²) in [6.07, 6.45) is 4.20. The van der Waals surface area contributed by atoms with Crippen LogP contribution >= 0.6 is 11.7 Å². The van der Waals surface area contributed by atoms with Crippen LogP contribution in [0.4, 0.5) is 0 Å². The molecule has 1 aliphatic rings. The normalized spacial score (nSPS) is 13.9. The Labute approximate surface area is 161 Å². The Bertz CT molecular complexity index is 779. The Hall–Kier alpha value is -2.78. The van der Waals surface area contributed by atoms with Gasteiger partial charge in [0.05, 0.1) is 18.3 Å². The van der Waals surface area contributed by atoms with E-state index in [0.29, 0.717) is 12.5 Å². The fraction of sp³-hybridized carbons (Fsp3) is 0.333. The summed E-state index contributed by atoms with van der Waals surface area (Å²) in [7, 11) is 2.13. The number of carboxylic acids is 2. The summed E-state index contributed by atoms with van der Waals surface area (Å²) >= 11 is 1.22. The molecule has 0 radical (unpaired) electrons. The first-order valence-corrected chi connectivity index (χ1v) is 9.04. The molecule has 8 nitrogen and oxygen atoms in total. The predicted molar refractivity (Wildman–Crippen MR) is 101 cm³/mol. The molecule has 9 heteroatoms. The topological polar surface area (TPSA) is 113 Å². The number of benzene rings is 1. The minimum absolute atomic E-state index is 0.631. The molecule has 0 atom stereocenters. The Morgan fingerprint density at radius 1 is 1.19 bits per heavy atom. The number of hydrogen-bond acceptors (Lipinski definition) is 7. The second-order valence-corrected chi connectivity index (χ2v) is 6.40. The highest BCUT2D eigenvalue weighted by atomic mass is 32.1. The smallest absolute Gasteiger partial charge is 0.414 e. The van der Waals surface area contributed by atoms with Gasteiger partial charge in [-0.05, 0) is 24.6 Å².